The van der Waals surface area contributed by atoms with Crippen LogP contribution in [0.5, 0.6) is 0 Å². The number of rotatable bonds is 6. The lowest BCUT2D eigenvalue weighted by Crippen LogP contribution is -2.26. The van der Waals surface area contributed by atoms with Crippen molar-refractivity contribution in [2.75, 3.05) is 16.0 Å². The van der Waals surface area contributed by atoms with Crippen LogP contribution in [0.2, 0.25) is 0 Å². The number of aromatic amines is 1. The van der Waals surface area contributed by atoms with Crippen LogP contribution in [0.3, 0.4) is 0 Å². The van der Waals surface area contributed by atoms with E-state index < -0.39 is 0 Å². The molecule has 0 bridgehead atoms. The topological polar surface area (TPSA) is 103 Å². The van der Waals surface area contributed by atoms with Gasteiger partial charge in [0.1, 0.15) is 0 Å². The van der Waals surface area contributed by atoms with Gasteiger partial charge in [-0.2, -0.15) is 0 Å². The number of benzene rings is 2. The van der Waals surface area contributed by atoms with Gasteiger partial charge < -0.3 is 20.9 Å². The van der Waals surface area contributed by atoms with Gasteiger partial charge in [-0.05, 0) is 56.2 Å². The Kier molecular flexibility index (Phi) is 6.70. The Hall–Kier alpha value is -3.65. The number of amides is 3. The monoisotopic (exact) mass is 520 g/mol. The highest BCUT2D eigenvalue weighted by Gasteiger charge is 2.26. The molecule has 174 valence electrons. The van der Waals surface area contributed by atoms with Crippen LogP contribution in [0.1, 0.15) is 51.4 Å². The molecule has 0 saturated carbocycles. The van der Waals surface area contributed by atoms with Gasteiger partial charge in [-0.1, -0.05) is 46.3 Å². The second kappa shape index (κ2) is 9.69. The molecule has 0 aliphatic carbocycles. The Morgan fingerprint density at radius 1 is 1.12 bits per heavy atom. The lowest BCUT2D eigenvalue weighted by atomic mass is 10.0. The predicted octanol–water partition coefficient (Wildman–Crippen LogP) is 4.95. The number of halogens is 1. The minimum Gasteiger partial charge on any atom is -0.357 e. The van der Waals surface area contributed by atoms with Gasteiger partial charge >= 0.3 is 0 Å². The number of fused-ring (bicyclic) bond motifs is 1. The maximum atomic E-state index is 12.9. The SMILES string of the molecule is Cc1[nH]c(/C=C2\C(=O)Nc3ccc(C(=O)NC(C)c4ccccc4)cc32)c(C)c1NC(=O)CBr. The highest BCUT2D eigenvalue weighted by atomic mass is 79.9. The standard InChI is InChI=1S/C26H25BrN4O3/c1-14-22(28-16(3)24(14)31-23(32)13-27)12-20-19-11-18(9-10-21(19)30-26(20)34)25(33)29-15(2)17-7-5-4-6-8-17/h4-12,15,28H,13H2,1-3H3,(H,29,33)(H,30,34)(H,31,32)/b20-12-. The minimum atomic E-state index is -0.247. The van der Waals surface area contributed by atoms with Crippen molar-refractivity contribution in [1.29, 1.82) is 0 Å². The molecular weight excluding hydrogens is 496 g/mol. The Morgan fingerprint density at radius 2 is 1.85 bits per heavy atom. The van der Waals surface area contributed by atoms with Crippen LogP contribution in [-0.4, -0.2) is 28.0 Å². The number of carbonyl (C=O) groups is 3. The molecule has 1 aromatic heterocycles. The molecule has 3 amide bonds. The third-order valence-corrected chi connectivity index (χ3v) is 6.37. The molecule has 4 rings (SSSR count). The lowest BCUT2D eigenvalue weighted by molar-refractivity contribution is -0.114. The number of H-pyrrole nitrogens is 1. The molecule has 0 fully saturated rings. The van der Waals surface area contributed by atoms with Gasteiger partial charge in [0.25, 0.3) is 11.8 Å². The fourth-order valence-corrected chi connectivity index (χ4v) is 4.14. The fraction of sp³-hybridized carbons (Fsp3) is 0.192. The van der Waals surface area contributed by atoms with E-state index in [-0.39, 0.29) is 29.1 Å². The van der Waals surface area contributed by atoms with Crippen molar-refractivity contribution in [2.24, 2.45) is 0 Å². The number of hydrogen-bond acceptors (Lipinski definition) is 3. The second-order valence-corrected chi connectivity index (χ2v) is 8.78. The van der Waals surface area contributed by atoms with E-state index >= 15 is 0 Å². The molecule has 7 nitrogen and oxygen atoms in total. The summed E-state index contributed by atoms with van der Waals surface area (Å²) in [7, 11) is 0. The van der Waals surface area contributed by atoms with Crippen LogP contribution in [0.15, 0.2) is 48.5 Å². The summed E-state index contributed by atoms with van der Waals surface area (Å²) >= 11 is 3.15. The predicted molar refractivity (Wildman–Crippen MR) is 138 cm³/mol. The van der Waals surface area contributed by atoms with Crippen molar-refractivity contribution >= 4 is 56.7 Å². The Labute approximate surface area is 206 Å². The summed E-state index contributed by atoms with van der Waals surface area (Å²) in [6.07, 6.45) is 1.75. The van der Waals surface area contributed by atoms with Gasteiger partial charge in [0.15, 0.2) is 0 Å². The zero-order valence-electron chi connectivity index (χ0n) is 19.1. The first-order chi connectivity index (χ1) is 16.3. The number of hydrogen-bond donors (Lipinski definition) is 4. The molecule has 1 aliphatic rings. The van der Waals surface area contributed by atoms with E-state index in [4.69, 9.17) is 0 Å². The van der Waals surface area contributed by atoms with Crippen molar-refractivity contribution in [2.45, 2.75) is 26.8 Å². The largest absolute Gasteiger partial charge is 0.357 e. The van der Waals surface area contributed by atoms with Gasteiger partial charge in [-0.3, -0.25) is 14.4 Å². The van der Waals surface area contributed by atoms with Crippen molar-refractivity contribution in [3.8, 4) is 0 Å². The third-order valence-electron chi connectivity index (χ3n) is 5.86. The number of anilines is 2. The fourth-order valence-electron chi connectivity index (χ4n) is 4.00. The van der Waals surface area contributed by atoms with E-state index in [1.807, 2.05) is 51.1 Å². The molecule has 3 aromatic rings. The van der Waals surface area contributed by atoms with Crippen LogP contribution in [-0.2, 0) is 9.59 Å². The van der Waals surface area contributed by atoms with Crippen LogP contribution in [0, 0.1) is 13.8 Å². The normalized spacial score (nSPS) is 14.5. The Balaban J connectivity index is 1.63. The van der Waals surface area contributed by atoms with Crippen LogP contribution in [0.4, 0.5) is 11.4 Å². The van der Waals surface area contributed by atoms with Gasteiger partial charge in [0.2, 0.25) is 5.91 Å². The summed E-state index contributed by atoms with van der Waals surface area (Å²) in [6.45, 7) is 5.67. The molecule has 34 heavy (non-hydrogen) atoms. The summed E-state index contributed by atoms with van der Waals surface area (Å²) in [4.78, 5) is 40.7. The molecule has 4 N–H and O–H groups in total. The first kappa shape index (κ1) is 23.5. The maximum Gasteiger partial charge on any atom is 0.256 e. The Bertz CT molecular complexity index is 1310. The van der Waals surface area contributed by atoms with Crippen LogP contribution in [0.25, 0.3) is 11.6 Å². The summed E-state index contributed by atoms with van der Waals surface area (Å²) in [5.74, 6) is -0.624. The quantitative estimate of drug-likeness (QED) is 0.273. The third kappa shape index (κ3) is 4.68. The molecule has 2 aromatic carbocycles. The zero-order valence-corrected chi connectivity index (χ0v) is 20.7. The lowest BCUT2D eigenvalue weighted by Gasteiger charge is -2.14. The van der Waals surface area contributed by atoms with Gasteiger partial charge in [0, 0.05) is 28.2 Å². The summed E-state index contributed by atoms with van der Waals surface area (Å²) < 4.78 is 0. The van der Waals surface area contributed by atoms with E-state index in [0.29, 0.717) is 33.8 Å². The maximum absolute atomic E-state index is 12.9. The molecule has 1 aliphatic heterocycles. The summed E-state index contributed by atoms with van der Waals surface area (Å²) in [5.41, 5.74) is 6.25. The van der Waals surface area contributed by atoms with E-state index in [0.717, 1.165) is 16.8 Å². The molecule has 0 spiro atoms. The minimum absolute atomic E-state index is 0.158. The first-order valence-electron chi connectivity index (χ1n) is 10.9. The average molecular weight is 521 g/mol. The smallest absolute Gasteiger partial charge is 0.256 e. The summed E-state index contributed by atoms with van der Waals surface area (Å²) in [6, 6.07) is 14.7. The highest BCUT2D eigenvalue weighted by molar-refractivity contribution is 9.09. The number of carbonyl (C=O) groups excluding carboxylic acids is 3. The Morgan fingerprint density at radius 3 is 2.56 bits per heavy atom. The van der Waals surface area contributed by atoms with E-state index in [1.165, 1.54) is 0 Å². The molecule has 1 atom stereocenters. The van der Waals surface area contributed by atoms with Gasteiger partial charge in [-0.25, -0.2) is 0 Å². The van der Waals surface area contributed by atoms with Crippen molar-refractivity contribution in [1.82, 2.24) is 10.3 Å². The second-order valence-electron chi connectivity index (χ2n) is 8.22. The zero-order chi connectivity index (χ0) is 24.4. The number of alkyl halides is 1. The molecule has 2 heterocycles. The molecule has 0 saturated heterocycles. The van der Waals surface area contributed by atoms with E-state index in [1.54, 1.807) is 24.3 Å². The van der Waals surface area contributed by atoms with Gasteiger partial charge in [-0.15, -0.1) is 0 Å². The number of nitrogens with one attached hydrogen (secondary N) is 4. The summed E-state index contributed by atoms with van der Waals surface area (Å²) in [5, 5.41) is 8.91. The molecule has 0 radical (unpaired) electrons. The number of aromatic nitrogens is 1. The van der Waals surface area contributed by atoms with Crippen molar-refractivity contribution in [3.05, 3.63) is 82.2 Å². The van der Waals surface area contributed by atoms with Gasteiger partial charge in [0.05, 0.1) is 22.6 Å². The molecule has 1 unspecified atom stereocenters. The molecular formula is C26H25BrN4O3. The van der Waals surface area contributed by atoms with Crippen LogP contribution < -0.4 is 16.0 Å². The van der Waals surface area contributed by atoms with Crippen LogP contribution >= 0.6 is 15.9 Å². The first-order valence-corrected chi connectivity index (χ1v) is 12.0. The van der Waals surface area contributed by atoms with E-state index in [2.05, 4.69) is 36.9 Å². The van der Waals surface area contributed by atoms with E-state index in [9.17, 15) is 14.4 Å². The average Bonchev–Trinajstić information content (AvgIpc) is 3.29. The number of aryl methyl sites for hydroxylation is 1. The highest BCUT2D eigenvalue weighted by Crippen LogP contribution is 2.35. The van der Waals surface area contributed by atoms with Crippen molar-refractivity contribution in [3.63, 3.8) is 0 Å². The van der Waals surface area contributed by atoms with Crippen molar-refractivity contribution < 1.29 is 14.4 Å². The molecule has 8 heteroatoms.